The minimum atomic E-state index is -1.05. The van der Waals surface area contributed by atoms with Crippen LogP contribution in [0.25, 0.3) is 0 Å². The van der Waals surface area contributed by atoms with E-state index in [2.05, 4.69) is 10.6 Å². The summed E-state index contributed by atoms with van der Waals surface area (Å²) in [5.74, 6) is 0.00782. The van der Waals surface area contributed by atoms with Crippen molar-refractivity contribution >= 4 is 17.8 Å². The zero-order valence-electron chi connectivity index (χ0n) is 29.7. The third-order valence-electron chi connectivity index (χ3n) is 12.6. The Kier molecular flexibility index (Phi) is 11.1. The number of amides is 1. The molecule has 5 aliphatic rings. The van der Waals surface area contributed by atoms with E-state index in [-0.39, 0.29) is 34.9 Å². The SMILES string of the molecule is CC(=O)OC(CCCC(C)O)CC(OC(=O)C12CCCCC1CC1(CCCC1)C(=O)N2)C1(Cc2ccc(O)c3c2CCCO3)CCNCC1. The first-order valence-electron chi connectivity index (χ1n) is 19.1. The monoisotopic (exact) mass is 682 g/mol. The molecule has 0 aromatic heterocycles. The molecule has 5 atom stereocenters. The highest BCUT2D eigenvalue weighted by molar-refractivity contribution is 5.93. The molecule has 2 saturated heterocycles. The van der Waals surface area contributed by atoms with Crippen LogP contribution in [0, 0.1) is 16.7 Å². The van der Waals surface area contributed by atoms with Crippen molar-refractivity contribution in [2.45, 2.75) is 153 Å². The Labute approximate surface area is 291 Å². The van der Waals surface area contributed by atoms with Crippen molar-refractivity contribution in [1.29, 1.82) is 0 Å². The highest BCUT2D eigenvalue weighted by Gasteiger charge is 2.60. The Morgan fingerprint density at radius 3 is 2.51 bits per heavy atom. The van der Waals surface area contributed by atoms with Gasteiger partial charge in [0.2, 0.25) is 5.91 Å². The van der Waals surface area contributed by atoms with E-state index in [0.29, 0.717) is 50.9 Å². The van der Waals surface area contributed by atoms with Crippen LogP contribution in [0.5, 0.6) is 11.5 Å². The fourth-order valence-electron chi connectivity index (χ4n) is 9.98. The topological polar surface area (TPSA) is 143 Å². The molecule has 2 saturated carbocycles. The fourth-order valence-corrected chi connectivity index (χ4v) is 9.98. The molecule has 2 aliphatic carbocycles. The molecular formula is C39H58N2O8. The summed E-state index contributed by atoms with van der Waals surface area (Å²) in [5, 5.41) is 27.5. The number of aromatic hydroxyl groups is 1. The number of ether oxygens (including phenoxy) is 3. The van der Waals surface area contributed by atoms with Crippen LogP contribution in [0.2, 0.25) is 0 Å². The molecule has 49 heavy (non-hydrogen) atoms. The molecular weight excluding hydrogens is 624 g/mol. The zero-order valence-corrected chi connectivity index (χ0v) is 29.7. The molecule has 10 heteroatoms. The van der Waals surface area contributed by atoms with Crippen molar-refractivity contribution in [3.63, 3.8) is 0 Å². The molecule has 1 amide bonds. The van der Waals surface area contributed by atoms with Crippen LogP contribution in [0.1, 0.15) is 128 Å². The Morgan fingerprint density at radius 2 is 1.78 bits per heavy atom. The Bertz CT molecular complexity index is 1350. The van der Waals surface area contributed by atoms with Crippen molar-refractivity contribution in [3.05, 3.63) is 23.3 Å². The van der Waals surface area contributed by atoms with Crippen LogP contribution in [0.15, 0.2) is 12.1 Å². The lowest BCUT2D eigenvalue weighted by molar-refractivity contribution is -0.181. The Morgan fingerprint density at radius 1 is 1.02 bits per heavy atom. The van der Waals surface area contributed by atoms with Gasteiger partial charge in [0.25, 0.3) is 0 Å². The number of fused-ring (bicyclic) bond motifs is 2. The standard InChI is InChI=1S/C39H58N2O8/c1-26(42)9-7-11-30(48-27(2)43)23-33(37(18-20-40-21-19-37)24-28-13-14-32(44)34-31(28)12-8-22-47-34)49-36(46)39-17-4-3-10-29(39)25-38(35(45)41-39)15-5-6-16-38/h13-14,26,29-30,33,40,42,44H,3-12,15-25H2,1-2H3,(H,41,45). The number of phenols is 1. The number of piperidine rings is 2. The highest BCUT2D eigenvalue weighted by atomic mass is 16.6. The minimum Gasteiger partial charge on any atom is -0.504 e. The first-order chi connectivity index (χ1) is 23.6. The van der Waals surface area contributed by atoms with Crippen LogP contribution in [0.4, 0.5) is 0 Å². The van der Waals surface area contributed by atoms with E-state index in [4.69, 9.17) is 14.2 Å². The average molecular weight is 683 g/mol. The van der Waals surface area contributed by atoms with Crippen LogP contribution in [0.3, 0.4) is 0 Å². The summed E-state index contributed by atoms with van der Waals surface area (Å²) in [6.07, 6.45) is 12.3. The summed E-state index contributed by atoms with van der Waals surface area (Å²) in [7, 11) is 0. The Hall–Kier alpha value is -2.85. The maximum absolute atomic E-state index is 14.9. The van der Waals surface area contributed by atoms with E-state index in [1.54, 1.807) is 13.0 Å². The maximum atomic E-state index is 14.9. The number of carbonyl (C=O) groups excluding carboxylic acids is 3. The minimum absolute atomic E-state index is 0.0138. The normalized spacial score (nSPS) is 27.5. The predicted molar refractivity (Wildman–Crippen MR) is 184 cm³/mol. The Balaban J connectivity index is 1.36. The number of hydrogen-bond donors (Lipinski definition) is 4. The van der Waals surface area contributed by atoms with Crippen molar-refractivity contribution < 1.29 is 38.8 Å². The number of hydrogen-bond acceptors (Lipinski definition) is 9. The van der Waals surface area contributed by atoms with Gasteiger partial charge in [0.05, 0.1) is 12.7 Å². The van der Waals surface area contributed by atoms with E-state index in [0.717, 1.165) is 101 Å². The van der Waals surface area contributed by atoms with Gasteiger partial charge in [-0.2, -0.15) is 0 Å². The van der Waals surface area contributed by atoms with Crippen LogP contribution in [-0.2, 0) is 36.7 Å². The van der Waals surface area contributed by atoms with Gasteiger partial charge in [-0.1, -0.05) is 31.7 Å². The maximum Gasteiger partial charge on any atom is 0.332 e. The lowest BCUT2D eigenvalue weighted by Gasteiger charge is -2.52. The summed E-state index contributed by atoms with van der Waals surface area (Å²) in [5.41, 5.74) is 0.181. The summed E-state index contributed by atoms with van der Waals surface area (Å²) >= 11 is 0. The van der Waals surface area contributed by atoms with E-state index in [9.17, 15) is 24.6 Å². The third-order valence-corrected chi connectivity index (χ3v) is 12.6. The summed E-state index contributed by atoms with van der Waals surface area (Å²) in [6.45, 7) is 5.22. The molecule has 4 fully saturated rings. The molecule has 3 aliphatic heterocycles. The molecule has 5 unspecified atom stereocenters. The number of benzene rings is 1. The van der Waals surface area contributed by atoms with Gasteiger partial charge in [0, 0.05) is 29.7 Å². The quantitative estimate of drug-likeness (QED) is 0.213. The van der Waals surface area contributed by atoms with Gasteiger partial charge >= 0.3 is 11.9 Å². The van der Waals surface area contributed by atoms with Gasteiger partial charge < -0.3 is 35.1 Å². The van der Waals surface area contributed by atoms with Gasteiger partial charge in [0.1, 0.15) is 17.7 Å². The number of esters is 2. The molecule has 6 rings (SSSR count). The molecule has 10 nitrogen and oxygen atoms in total. The van der Waals surface area contributed by atoms with Gasteiger partial charge in [-0.25, -0.2) is 4.79 Å². The highest BCUT2D eigenvalue weighted by Crippen LogP contribution is 2.53. The van der Waals surface area contributed by atoms with Crippen molar-refractivity contribution in [1.82, 2.24) is 10.6 Å². The molecule has 0 bridgehead atoms. The van der Waals surface area contributed by atoms with Crippen molar-refractivity contribution in [2.75, 3.05) is 19.7 Å². The van der Waals surface area contributed by atoms with E-state index >= 15 is 0 Å². The van der Waals surface area contributed by atoms with Gasteiger partial charge in [-0.3, -0.25) is 9.59 Å². The van der Waals surface area contributed by atoms with Crippen molar-refractivity contribution in [3.8, 4) is 11.5 Å². The second-order valence-corrected chi connectivity index (χ2v) is 16.0. The molecule has 1 spiro atoms. The lowest BCUT2D eigenvalue weighted by Crippen LogP contribution is -2.68. The molecule has 3 heterocycles. The number of phenolic OH excluding ortho intramolecular Hbond substituents is 1. The summed E-state index contributed by atoms with van der Waals surface area (Å²) < 4.78 is 18.7. The zero-order chi connectivity index (χ0) is 34.6. The first-order valence-corrected chi connectivity index (χ1v) is 19.1. The number of carbonyl (C=O) groups is 3. The molecule has 1 aromatic rings. The molecule has 0 radical (unpaired) electrons. The largest absolute Gasteiger partial charge is 0.504 e. The van der Waals surface area contributed by atoms with Crippen molar-refractivity contribution in [2.24, 2.45) is 16.7 Å². The van der Waals surface area contributed by atoms with E-state index in [1.807, 2.05) is 6.07 Å². The summed E-state index contributed by atoms with van der Waals surface area (Å²) in [4.78, 5) is 41.2. The van der Waals surface area contributed by atoms with Crippen LogP contribution < -0.4 is 15.4 Å². The van der Waals surface area contributed by atoms with E-state index in [1.165, 1.54) is 6.92 Å². The summed E-state index contributed by atoms with van der Waals surface area (Å²) in [6, 6.07) is 3.69. The molecule has 1 aromatic carbocycles. The lowest BCUT2D eigenvalue weighted by atomic mass is 9.61. The smallest absolute Gasteiger partial charge is 0.332 e. The third kappa shape index (κ3) is 7.60. The second-order valence-electron chi connectivity index (χ2n) is 16.0. The van der Waals surface area contributed by atoms with Gasteiger partial charge in [0.15, 0.2) is 11.5 Å². The molecule has 4 N–H and O–H groups in total. The fraction of sp³-hybridized carbons (Fsp3) is 0.769. The van der Waals surface area contributed by atoms with Gasteiger partial charge in [-0.05, 0) is 121 Å². The number of aliphatic hydroxyl groups is 1. The average Bonchev–Trinajstić information content (AvgIpc) is 3.55. The number of nitrogens with one attached hydrogen (secondary N) is 2. The molecule has 272 valence electrons. The van der Waals surface area contributed by atoms with Crippen LogP contribution >= 0.6 is 0 Å². The number of aliphatic hydroxyl groups excluding tert-OH is 1. The van der Waals surface area contributed by atoms with Gasteiger partial charge in [-0.15, -0.1) is 0 Å². The first kappa shape index (κ1) is 36.0. The predicted octanol–water partition coefficient (Wildman–Crippen LogP) is 5.42. The van der Waals surface area contributed by atoms with Crippen LogP contribution in [-0.4, -0.2) is 71.6 Å². The second kappa shape index (κ2) is 15.2. The number of rotatable bonds is 12. The van der Waals surface area contributed by atoms with E-state index < -0.39 is 29.3 Å².